The van der Waals surface area contributed by atoms with Gasteiger partial charge in [-0.1, -0.05) is 35.3 Å². The van der Waals surface area contributed by atoms with Gasteiger partial charge in [-0.2, -0.15) is 9.99 Å². The van der Waals surface area contributed by atoms with Crippen LogP contribution in [0.2, 0.25) is 10.2 Å². The topological polar surface area (TPSA) is 110 Å². The summed E-state index contributed by atoms with van der Waals surface area (Å²) < 4.78 is 0.457. The van der Waals surface area contributed by atoms with Crippen LogP contribution in [0.5, 0.6) is 0 Å². The van der Waals surface area contributed by atoms with E-state index in [0.29, 0.717) is 27.0 Å². The Bertz CT molecular complexity index is 765. The van der Waals surface area contributed by atoms with Gasteiger partial charge >= 0.3 is 0 Å². The fourth-order valence-electron chi connectivity index (χ4n) is 2.33. The summed E-state index contributed by atoms with van der Waals surface area (Å²) in [4.78, 5) is 0. The highest BCUT2D eigenvalue weighted by molar-refractivity contribution is 6.40. The molecular formula is C14H12Cl2N2O4. The number of hydrogen-bond donors (Lipinski definition) is 4. The first-order valence-corrected chi connectivity index (χ1v) is 6.92. The third kappa shape index (κ3) is 2.43. The van der Waals surface area contributed by atoms with E-state index in [0.717, 1.165) is 0 Å². The standard InChI is InChI=1S/C14H12Cl2N2O4/c15-13-11(3-17)18(22)14(16)12(13)8-2-1-7(4-19)9(5-20)10(8)6-21/h1-2,19-22H,4-6H2. The van der Waals surface area contributed by atoms with Gasteiger partial charge in [-0.05, 0) is 22.3 Å². The van der Waals surface area contributed by atoms with Crippen LogP contribution in [0.25, 0.3) is 11.1 Å². The van der Waals surface area contributed by atoms with E-state index in [1.54, 1.807) is 18.2 Å². The van der Waals surface area contributed by atoms with Crippen LogP contribution in [0, 0.1) is 11.3 Å². The van der Waals surface area contributed by atoms with Crippen molar-refractivity contribution in [1.82, 2.24) is 4.73 Å². The number of nitriles is 1. The summed E-state index contributed by atoms with van der Waals surface area (Å²) in [5.74, 6) is 0. The van der Waals surface area contributed by atoms with Crippen molar-refractivity contribution >= 4 is 23.2 Å². The molecular weight excluding hydrogens is 331 g/mol. The van der Waals surface area contributed by atoms with Gasteiger partial charge in [0.15, 0.2) is 10.8 Å². The van der Waals surface area contributed by atoms with Crippen LogP contribution in [-0.4, -0.2) is 25.3 Å². The van der Waals surface area contributed by atoms with Crippen LogP contribution in [0.15, 0.2) is 12.1 Å². The van der Waals surface area contributed by atoms with Gasteiger partial charge in [0.05, 0.1) is 24.8 Å². The molecule has 0 atom stereocenters. The summed E-state index contributed by atoms with van der Waals surface area (Å²) in [6, 6.07) is 4.82. The molecule has 0 spiro atoms. The molecule has 4 N–H and O–H groups in total. The lowest BCUT2D eigenvalue weighted by Crippen LogP contribution is -2.03. The van der Waals surface area contributed by atoms with Crippen molar-refractivity contribution in [3.63, 3.8) is 0 Å². The molecule has 116 valence electrons. The van der Waals surface area contributed by atoms with Crippen LogP contribution in [0.4, 0.5) is 0 Å². The summed E-state index contributed by atoms with van der Waals surface area (Å²) >= 11 is 12.1. The van der Waals surface area contributed by atoms with Crippen LogP contribution in [0.3, 0.4) is 0 Å². The zero-order valence-corrected chi connectivity index (χ0v) is 12.7. The molecule has 1 aromatic heterocycles. The number of aliphatic hydroxyl groups excluding tert-OH is 3. The average Bonchev–Trinajstić information content (AvgIpc) is 2.75. The van der Waals surface area contributed by atoms with Gasteiger partial charge < -0.3 is 20.5 Å². The summed E-state index contributed by atoms with van der Waals surface area (Å²) in [7, 11) is 0. The summed E-state index contributed by atoms with van der Waals surface area (Å²) in [6.45, 7) is -1.15. The van der Waals surface area contributed by atoms with E-state index < -0.39 is 13.2 Å². The molecule has 0 aliphatic heterocycles. The first-order chi connectivity index (χ1) is 10.5. The number of nitrogens with zero attached hydrogens (tertiary/aromatic N) is 2. The van der Waals surface area contributed by atoms with Gasteiger partial charge in [-0.25, -0.2) is 0 Å². The van der Waals surface area contributed by atoms with E-state index in [4.69, 9.17) is 28.5 Å². The number of rotatable bonds is 4. The van der Waals surface area contributed by atoms with Crippen LogP contribution in [-0.2, 0) is 19.8 Å². The molecule has 0 radical (unpaired) electrons. The first kappa shape index (κ1) is 16.6. The smallest absolute Gasteiger partial charge is 0.177 e. The van der Waals surface area contributed by atoms with Crippen molar-refractivity contribution in [2.45, 2.75) is 19.8 Å². The zero-order valence-electron chi connectivity index (χ0n) is 11.2. The highest BCUT2D eigenvalue weighted by Gasteiger charge is 2.25. The Morgan fingerprint density at radius 2 is 1.68 bits per heavy atom. The van der Waals surface area contributed by atoms with Crippen molar-refractivity contribution in [1.29, 1.82) is 5.26 Å². The van der Waals surface area contributed by atoms with Gasteiger partial charge in [0, 0.05) is 5.56 Å². The second kappa shape index (κ2) is 6.57. The second-order valence-corrected chi connectivity index (χ2v) is 5.19. The highest BCUT2D eigenvalue weighted by atomic mass is 35.5. The van der Waals surface area contributed by atoms with E-state index in [2.05, 4.69) is 0 Å². The average molecular weight is 343 g/mol. The van der Waals surface area contributed by atoms with E-state index in [-0.39, 0.29) is 28.0 Å². The minimum Gasteiger partial charge on any atom is -0.426 e. The van der Waals surface area contributed by atoms with Gasteiger partial charge in [-0.15, -0.1) is 0 Å². The molecule has 0 fully saturated rings. The molecule has 0 saturated carbocycles. The molecule has 8 heteroatoms. The maximum absolute atomic E-state index is 9.78. The number of aliphatic hydroxyl groups is 3. The molecule has 0 aliphatic rings. The van der Waals surface area contributed by atoms with Gasteiger partial charge in [0.1, 0.15) is 6.07 Å². The minimum absolute atomic E-state index is 0.0645. The normalized spacial score (nSPS) is 10.7. The molecule has 6 nitrogen and oxygen atoms in total. The molecule has 2 aromatic rings. The van der Waals surface area contributed by atoms with Gasteiger partial charge in [-0.3, -0.25) is 0 Å². The molecule has 0 amide bonds. The predicted octanol–water partition coefficient (Wildman–Crippen LogP) is 2.05. The largest absolute Gasteiger partial charge is 0.426 e. The van der Waals surface area contributed by atoms with Gasteiger partial charge in [0.25, 0.3) is 0 Å². The Labute approximate surface area is 135 Å². The SMILES string of the molecule is N#Cc1c(Cl)c(-c2ccc(CO)c(CO)c2CO)c(Cl)n1O. The van der Waals surface area contributed by atoms with Crippen LogP contribution in [0.1, 0.15) is 22.4 Å². The van der Waals surface area contributed by atoms with Crippen molar-refractivity contribution in [3.8, 4) is 17.2 Å². The third-order valence-corrected chi connectivity index (χ3v) is 4.14. The fourth-order valence-corrected chi connectivity index (χ4v) is 2.98. The number of aromatic nitrogens is 1. The molecule has 0 saturated heterocycles. The van der Waals surface area contributed by atoms with E-state index >= 15 is 0 Å². The molecule has 1 aromatic carbocycles. The molecule has 0 aliphatic carbocycles. The Kier molecular flexibility index (Phi) is 4.96. The Morgan fingerprint density at radius 1 is 1.05 bits per heavy atom. The highest BCUT2D eigenvalue weighted by Crippen LogP contribution is 2.41. The lowest BCUT2D eigenvalue weighted by Gasteiger charge is -2.15. The molecule has 0 bridgehead atoms. The summed E-state index contributed by atoms with van der Waals surface area (Å²) in [6.07, 6.45) is 0. The maximum atomic E-state index is 9.78. The third-order valence-electron chi connectivity index (χ3n) is 3.42. The zero-order chi connectivity index (χ0) is 16.4. The lowest BCUT2D eigenvalue weighted by molar-refractivity contribution is 0.186. The monoisotopic (exact) mass is 342 g/mol. The number of benzene rings is 1. The maximum Gasteiger partial charge on any atom is 0.177 e. The van der Waals surface area contributed by atoms with E-state index in [1.807, 2.05) is 0 Å². The van der Waals surface area contributed by atoms with Crippen LogP contribution < -0.4 is 0 Å². The summed E-state index contributed by atoms with van der Waals surface area (Å²) in [5, 5.41) is 46.9. The van der Waals surface area contributed by atoms with Crippen molar-refractivity contribution < 1.29 is 20.5 Å². The van der Waals surface area contributed by atoms with Gasteiger partial charge in [0.2, 0.25) is 0 Å². The summed E-state index contributed by atoms with van der Waals surface area (Å²) in [5.41, 5.74) is 1.41. The van der Waals surface area contributed by atoms with E-state index in [1.165, 1.54) is 0 Å². The second-order valence-electron chi connectivity index (χ2n) is 4.46. The predicted molar refractivity (Wildman–Crippen MR) is 79.6 cm³/mol. The Balaban J connectivity index is 2.83. The number of halogens is 2. The van der Waals surface area contributed by atoms with E-state index in [9.17, 15) is 20.5 Å². The molecule has 2 rings (SSSR count). The Hall–Kier alpha value is -1.75. The number of hydrogen-bond acceptors (Lipinski definition) is 5. The lowest BCUT2D eigenvalue weighted by atomic mass is 9.93. The van der Waals surface area contributed by atoms with Crippen molar-refractivity contribution in [3.05, 3.63) is 44.7 Å². The first-order valence-electron chi connectivity index (χ1n) is 6.17. The molecule has 0 unspecified atom stereocenters. The van der Waals surface area contributed by atoms with Crippen LogP contribution >= 0.6 is 23.2 Å². The van der Waals surface area contributed by atoms with Crippen molar-refractivity contribution in [2.75, 3.05) is 0 Å². The fraction of sp³-hybridized carbons (Fsp3) is 0.214. The van der Waals surface area contributed by atoms with Crippen molar-refractivity contribution in [2.24, 2.45) is 0 Å². The quantitative estimate of drug-likeness (QED) is 0.635. The Morgan fingerprint density at radius 3 is 2.14 bits per heavy atom. The molecule has 1 heterocycles. The minimum atomic E-state index is -0.440. The molecule has 22 heavy (non-hydrogen) atoms.